The van der Waals surface area contributed by atoms with E-state index in [1.807, 2.05) is 11.8 Å². The third-order valence-corrected chi connectivity index (χ3v) is 5.52. The van der Waals surface area contributed by atoms with Crippen molar-refractivity contribution in [1.29, 1.82) is 0 Å². The molecule has 1 aromatic rings. The SMILES string of the molecule is CC(C)C1CCCC(NCCSc2ccccc2)CC1. The highest BCUT2D eigenvalue weighted by molar-refractivity contribution is 7.99. The molecule has 1 nitrogen and oxygen atoms in total. The maximum Gasteiger partial charge on any atom is 0.0106 e. The number of hydrogen-bond donors (Lipinski definition) is 1. The second-order valence-corrected chi connectivity index (χ2v) is 7.49. The molecule has 2 rings (SSSR count). The summed E-state index contributed by atoms with van der Waals surface area (Å²) in [6, 6.07) is 11.5. The van der Waals surface area contributed by atoms with E-state index in [1.165, 1.54) is 42.8 Å². The van der Waals surface area contributed by atoms with Crippen LogP contribution in [0.1, 0.15) is 46.0 Å². The highest BCUT2D eigenvalue weighted by Gasteiger charge is 2.20. The average molecular weight is 292 g/mol. The minimum absolute atomic E-state index is 0.759. The van der Waals surface area contributed by atoms with E-state index in [1.54, 1.807) is 0 Å². The summed E-state index contributed by atoms with van der Waals surface area (Å²) in [5.41, 5.74) is 0. The van der Waals surface area contributed by atoms with Gasteiger partial charge in [-0.3, -0.25) is 0 Å². The van der Waals surface area contributed by atoms with Crippen molar-refractivity contribution in [2.45, 2.75) is 56.9 Å². The van der Waals surface area contributed by atoms with Crippen LogP contribution in [-0.2, 0) is 0 Å². The fraction of sp³-hybridized carbons (Fsp3) is 0.667. The summed E-state index contributed by atoms with van der Waals surface area (Å²) in [5, 5.41) is 3.77. The van der Waals surface area contributed by atoms with Crippen molar-refractivity contribution in [1.82, 2.24) is 5.32 Å². The Hall–Kier alpha value is -0.470. The third kappa shape index (κ3) is 5.49. The Morgan fingerprint density at radius 2 is 1.90 bits per heavy atom. The molecule has 0 aromatic heterocycles. The number of rotatable bonds is 6. The van der Waals surface area contributed by atoms with Crippen molar-refractivity contribution in [3.8, 4) is 0 Å². The van der Waals surface area contributed by atoms with Gasteiger partial charge in [0.15, 0.2) is 0 Å². The van der Waals surface area contributed by atoms with Gasteiger partial charge in [-0.25, -0.2) is 0 Å². The van der Waals surface area contributed by atoms with E-state index >= 15 is 0 Å². The lowest BCUT2D eigenvalue weighted by Crippen LogP contribution is -2.30. The molecule has 1 N–H and O–H groups in total. The number of hydrogen-bond acceptors (Lipinski definition) is 2. The standard InChI is InChI=1S/C18H29NS/c1-15(2)16-7-6-8-17(12-11-16)19-13-14-20-18-9-4-3-5-10-18/h3-5,9-10,15-17,19H,6-8,11-14H2,1-2H3. The summed E-state index contributed by atoms with van der Waals surface area (Å²) in [5.74, 6) is 3.00. The Morgan fingerprint density at radius 1 is 1.10 bits per heavy atom. The fourth-order valence-corrected chi connectivity index (χ4v) is 3.96. The summed E-state index contributed by atoms with van der Waals surface area (Å²) in [6.07, 6.45) is 7.01. The Bertz CT molecular complexity index is 363. The van der Waals surface area contributed by atoms with Crippen molar-refractivity contribution < 1.29 is 0 Å². The minimum atomic E-state index is 0.759. The molecule has 2 unspecified atom stereocenters. The van der Waals surface area contributed by atoms with Gasteiger partial charge < -0.3 is 5.32 Å². The Morgan fingerprint density at radius 3 is 2.65 bits per heavy atom. The molecular weight excluding hydrogens is 262 g/mol. The lowest BCUT2D eigenvalue weighted by Gasteiger charge is -2.19. The van der Waals surface area contributed by atoms with Crippen LogP contribution < -0.4 is 5.32 Å². The molecule has 1 aliphatic carbocycles. The third-order valence-electron chi connectivity index (χ3n) is 4.50. The first-order valence-electron chi connectivity index (χ1n) is 8.17. The molecule has 0 spiro atoms. The molecule has 2 heteroatoms. The van der Waals surface area contributed by atoms with E-state index < -0.39 is 0 Å². The monoisotopic (exact) mass is 291 g/mol. The first-order valence-corrected chi connectivity index (χ1v) is 9.15. The molecule has 112 valence electrons. The molecule has 0 aliphatic heterocycles. The van der Waals surface area contributed by atoms with Gasteiger partial charge in [0.2, 0.25) is 0 Å². The summed E-state index contributed by atoms with van der Waals surface area (Å²) in [7, 11) is 0. The quantitative estimate of drug-likeness (QED) is 0.451. The second-order valence-electron chi connectivity index (χ2n) is 6.32. The first-order chi connectivity index (χ1) is 9.75. The van der Waals surface area contributed by atoms with Gasteiger partial charge in [-0.1, -0.05) is 44.9 Å². The minimum Gasteiger partial charge on any atom is -0.313 e. The van der Waals surface area contributed by atoms with Crippen LogP contribution in [0.2, 0.25) is 0 Å². The zero-order chi connectivity index (χ0) is 14.2. The number of thioether (sulfide) groups is 1. The molecule has 0 bridgehead atoms. The molecule has 1 aromatic carbocycles. The second kappa shape index (κ2) is 8.74. The number of benzene rings is 1. The van der Waals surface area contributed by atoms with E-state index in [4.69, 9.17) is 0 Å². The Labute approximate surface area is 128 Å². The Kier molecular flexibility index (Phi) is 6.95. The van der Waals surface area contributed by atoms with Crippen LogP contribution in [0.3, 0.4) is 0 Å². The first kappa shape index (κ1) is 15.9. The van der Waals surface area contributed by atoms with Crippen LogP contribution in [0.5, 0.6) is 0 Å². The summed E-state index contributed by atoms with van der Waals surface area (Å²) in [4.78, 5) is 1.38. The van der Waals surface area contributed by atoms with Gasteiger partial charge in [-0.15, -0.1) is 11.8 Å². The predicted molar refractivity (Wildman–Crippen MR) is 90.4 cm³/mol. The molecule has 20 heavy (non-hydrogen) atoms. The van der Waals surface area contributed by atoms with Gasteiger partial charge in [0.25, 0.3) is 0 Å². The zero-order valence-electron chi connectivity index (χ0n) is 13.0. The maximum atomic E-state index is 3.77. The Balaban J connectivity index is 1.62. The summed E-state index contributed by atoms with van der Waals surface area (Å²) >= 11 is 1.96. The van der Waals surface area contributed by atoms with Gasteiger partial charge in [-0.2, -0.15) is 0 Å². The van der Waals surface area contributed by atoms with Gasteiger partial charge in [0.1, 0.15) is 0 Å². The summed E-state index contributed by atoms with van der Waals surface area (Å²) in [6.45, 7) is 5.90. The highest BCUT2D eigenvalue weighted by Crippen LogP contribution is 2.28. The molecule has 2 atom stereocenters. The highest BCUT2D eigenvalue weighted by atomic mass is 32.2. The van der Waals surface area contributed by atoms with Gasteiger partial charge in [-0.05, 0) is 43.2 Å². The maximum absolute atomic E-state index is 3.77. The fourth-order valence-electron chi connectivity index (χ4n) is 3.15. The van der Waals surface area contributed by atoms with Crippen LogP contribution in [0, 0.1) is 11.8 Å². The largest absolute Gasteiger partial charge is 0.313 e. The van der Waals surface area contributed by atoms with Crippen LogP contribution in [0.4, 0.5) is 0 Å². The lowest BCUT2D eigenvalue weighted by atomic mass is 9.89. The van der Waals surface area contributed by atoms with E-state index in [-0.39, 0.29) is 0 Å². The lowest BCUT2D eigenvalue weighted by molar-refractivity contribution is 0.338. The van der Waals surface area contributed by atoms with E-state index in [2.05, 4.69) is 49.5 Å². The van der Waals surface area contributed by atoms with Crippen molar-refractivity contribution in [2.75, 3.05) is 12.3 Å². The van der Waals surface area contributed by atoms with Gasteiger partial charge >= 0.3 is 0 Å². The molecule has 0 heterocycles. The van der Waals surface area contributed by atoms with Crippen LogP contribution >= 0.6 is 11.8 Å². The van der Waals surface area contributed by atoms with E-state index in [9.17, 15) is 0 Å². The van der Waals surface area contributed by atoms with E-state index in [0.29, 0.717) is 0 Å². The zero-order valence-corrected chi connectivity index (χ0v) is 13.8. The van der Waals surface area contributed by atoms with Crippen molar-refractivity contribution in [2.24, 2.45) is 11.8 Å². The van der Waals surface area contributed by atoms with E-state index in [0.717, 1.165) is 24.4 Å². The molecule has 0 saturated heterocycles. The average Bonchev–Trinajstić information content (AvgIpc) is 2.70. The molecule has 0 radical (unpaired) electrons. The molecule has 1 saturated carbocycles. The number of nitrogens with one attached hydrogen (secondary N) is 1. The molecule has 1 fully saturated rings. The van der Waals surface area contributed by atoms with Crippen molar-refractivity contribution in [3.63, 3.8) is 0 Å². The van der Waals surface area contributed by atoms with Crippen LogP contribution in [0.15, 0.2) is 35.2 Å². The van der Waals surface area contributed by atoms with Gasteiger partial charge in [0.05, 0.1) is 0 Å². The van der Waals surface area contributed by atoms with Crippen molar-refractivity contribution >= 4 is 11.8 Å². The van der Waals surface area contributed by atoms with Gasteiger partial charge in [0, 0.05) is 23.2 Å². The normalized spacial score (nSPS) is 23.8. The summed E-state index contributed by atoms with van der Waals surface area (Å²) < 4.78 is 0. The smallest absolute Gasteiger partial charge is 0.0106 e. The van der Waals surface area contributed by atoms with Crippen LogP contribution in [-0.4, -0.2) is 18.3 Å². The molecule has 0 amide bonds. The van der Waals surface area contributed by atoms with Crippen molar-refractivity contribution in [3.05, 3.63) is 30.3 Å². The molecule has 1 aliphatic rings. The topological polar surface area (TPSA) is 12.0 Å². The van der Waals surface area contributed by atoms with Crippen LogP contribution in [0.25, 0.3) is 0 Å². The molecular formula is C18H29NS. The predicted octanol–water partition coefficient (Wildman–Crippen LogP) is 4.97.